The Kier molecular flexibility index (Phi) is 6.00. The van der Waals surface area contributed by atoms with E-state index in [1.165, 1.54) is 24.1 Å². The van der Waals surface area contributed by atoms with Crippen LogP contribution in [0.2, 0.25) is 0 Å². The minimum absolute atomic E-state index is 0.367. The van der Waals surface area contributed by atoms with Crippen LogP contribution in [0.1, 0.15) is 38.3 Å². The number of hydrogen-bond donors (Lipinski definition) is 1. The first-order chi connectivity index (χ1) is 8.10. The molecule has 1 aromatic carbocycles. The quantitative estimate of drug-likeness (QED) is 0.855. The second kappa shape index (κ2) is 7.02. The third-order valence-electron chi connectivity index (χ3n) is 3.15. The summed E-state index contributed by atoms with van der Waals surface area (Å²) in [6.07, 6.45) is 2.47. The third-order valence-corrected chi connectivity index (χ3v) is 3.64. The molecule has 0 aliphatic carbocycles. The largest absolute Gasteiger partial charge is 0.374 e. The van der Waals surface area contributed by atoms with Crippen molar-refractivity contribution in [1.29, 1.82) is 0 Å². The molecule has 1 N–H and O–H groups in total. The summed E-state index contributed by atoms with van der Waals surface area (Å²) in [5.74, 6) is 0. The first-order valence-corrected chi connectivity index (χ1v) is 7.07. The summed E-state index contributed by atoms with van der Waals surface area (Å²) in [4.78, 5) is 2.35. The van der Waals surface area contributed by atoms with E-state index in [0.717, 1.165) is 11.0 Å². The maximum atomic E-state index is 3.55. The van der Waals surface area contributed by atoms with E-state index in [1.54, 1.807) is 0 Å². The summed E-state index contributed by atoms with van der Waals surface area (Å²) in [5, 5.41) is 3.31. The minimum Gasteiger partial charge on any atom is -0.374 e. The molecule has 1 atom stereocenters. The van der Waals surface area contributed by atoms with Crippen molar-refractivity contribution in [3.05, 3.63) is 28.2 Å². The first-order valence-electron chi connectivity index (χ1n) is 6.28. The molecule has 0 saturated carbocycles. The predicted molar refractivity (Wildman–Crippen MR) is 79.8 cm³/mol. The van der Waals surface area contributed by atoms with E-state index in [4.69, 9.17) is 0 Å². The number of rotatable bonds is 6. The Morgan fingerprint density at radius 1 is 1.41 bits per heavy atom. The van der Waals surface area contributed by atoms with Gasteiger partial charge in [-0.05, 0) is 44.2 Å². The summed E-state index contributed by atoms with van der Waals surface area (Å²) in [6, 6.07) is 6.89. The monoisotopic (exact) mass is 298 g/mol. The average molecular weight is 299 g/mol. The number of nitrogens with zero attached hydrogens (tertiary/aromatic N) is 1. The summed E-state index contributed by atoms with van der Waals surface area (Å²) in [5.41, 5.74) is 2.67. The molecule has 0 spiro atoms. The van der Waals surface area contributed by atoms with Crippen molar-refractivity contribution in [2.45, 2.75) is 32.7 Å². The molecule has 0 fully saturated rings. The first kappa shape index (κ1) is 14.5. The van der Waals surface area contributed by atoms with Crippen LogP contribution < -0.4 is 10.2 Å². The van der Waals surface area contributed by atoms with Crippen LogP contribution in [0.4, 0.5) is 5.69 Å². The van der Waals surface area contributed by atoms with Crippen LogP contribution in [0.5, 0.6) is 0 Å². The Labute approximate surface area is 114 Å². The van der Waals surface area contributed by atoms with E-state index in [2.05, 4.69) is 65.2 Å². The molecule has 0 bridgehead atoms. The summed E-state index contributed by atoms with van der Waals surface area (Å²) in [6.45, 7) is 5.53. The number of hydrogen-bond acceptors (Lipinski definition) is 2. The van der Waals surface area contributed by atoms with Crippen molar-refractivity contribution in [3.63, 3.8) is 0 Å². The molecule has 0 saturated heterocycles. The van der Waals surface area contributed by atoms with Crippen LogP contribution in [0.25, 0.3) is 0 Å². The van der Waals surface area contributed by atoms with Gasteiger partial charge in [0.25, 0.3) is 0 Å². The van der Waals surface area contributed by atoms with E-state index < -0.39 is 0 Å². The van der Waals surface area contributed by atoms with Crippen LogP contribution >= 0.6 is 15.9 Å². The van der Waals surface area contributed by atoms with Crippen molar-refractivity contribution in [3.8, 4) is 0 Å². The van der Waals surface area contributed by atoms with Gasteiger partial charge in [-0.25, -0.2) is 0 Å². The smallest absolute Gasteiger partial charge is 0.0412 e. The van der Waals surface area contributed by atoms with Gasteiger partial charge in [0.15, 0.2) is 0 Å². The maximum absolute atomic E-state index is 3.55. The van der Waals surface area contributed by atoms with E-state index in [0.29, 0.717) is 6.04 Å². The van der Waals surface area contributed by atoms with Crippen molar-refractivity contribution < 1.29 is 0 Å². The number of benzene rings is 1. The molecule has 0 heterocycles. The van der Waals surface area contributed by atoms with Crippen molar-refractivity contribution in [2.75, 3.05) is 25.5 Å². The van der Waals surface area contributed by atoms with E-state index >= 15 is 0 Å². The van der Waals surface area contributed by atoms with Gasteiger partial charge in [0.2, 0.25) is 0 Å². The Balaban J connectivity index is 2.96. The van der Waals surface area contributed by atoms with Gasteiger partial charge in [-0.1, -0.05) is 29.3 Å². The normalized spacial score (nSPS) is 12.5. The summed E-state index contributed by atoms with van der Waals surface area (Å²) in [7, 11) is 4.17. The highest BCUT2D eigenvalue weighted by molar-refractivity contribution is 9.10. The van der Waals surface area contributed by atoms with Crippen molar-refractivity contribution >= 4 is 21.6 Å². The van der Waals surface area contributed by atoms with Gasteiger partial charge in [0.1, 0.15) is 0 Å². The molecule has 0 aromatic heterocycles. The molecular formula is C14H23BrN2. The molecule has 2 nitrogen and oxygen atoms in total. The molecule has 0 amide bonds. The van der Waals surface area contributed by atoms with E-state index in [-0.39, 0.29) is 0 Å². The number of anilines is 1. The van der Waals surface area contributed by atoms with Crippen LogP contribution in [0.15, 0.2) is 22.7 Å². The Morgan fingerprint density at radius 3 is 2.71 bits per heavy atom. The maximum Gasteiger partial charge on any atom is 0.0412 e. The zero-order valence-electron chi connectivity index (χ0n) is 11.3. The van der Waals surface area contributed by atoms with Gasteiger partial charge in [0, 0.05) is 29.8 Å². The number of unbranched alkanes of at least 4 members (excludes halogenated alkanes) is 1. The SMILES string of the molecule is CCCCN(C)c1ccc(Br)cc1C(C)NC. The van der Waals surface area contributed by atoms with Gasteiger partial charge in [-0.3, -0.25) is 0 Å². The van der Waals surface area contributed by atoms with Crippen molar-refractivity contribution in [1.82, 2.24) is 5.32 Å². The van der Waals surface area contributed by atoms with Gasteiger partial charge in [0.05, 0.1) is 0 Å². The lowest BCUT2D eigenvalue weighted by Crippen LogP contribution is -2.22. The molecule has 1 unspecified atom stereocenters. The van der Waals surface area contributed by atoms with Gasteiger partial charge < -0.3 is 10.2 Å². The summed E-state index contributed by atoms with van der Waals surface area (Å²) >= 11 is 3.55. The minimum atomic E-state index is 0.367. The van der Waals surface area contributed by atoms with Crippen LogP contribution in [0.3, 0.4) is 0 Å². The highest BCUT2D eigenvalue weighted by Gasteiger charge is 2.12. The highest BCUT2D eigenvalue weighted by Crippen LogP contribution is 2.29. The Morgan fingerprint density at radius 2 is 2.12 bits per heavy atom. The molecule has 17 heavy (non-hydrogen) atoms. The molecule has 0 aliphatic rings. The van der Waals surface area contributed by atoms with Crippen molar-refractivity contribution in [2.24, 2.45) is 0 Å². The lowest BCUT2D eigenvalue weighted by atomic mass is 10.1. The zero-order valence-corrected chi connectivity index (χ0v) is 12.8. The fourth-order valence-electron chi connectivity index (χ4n) is 1.89. The average Bonchev–Trinajstić information content (AvgIpc) is 2.34. The fraction of sp³-hybridized carbons (Fsp3) is 0.571. The molecular weight excluding hydrogens is 276 g/mol. The van der Waals surface area contributed by atoms with Gasteiger partial charge in [-0.2, -0.15) is 0 Å². The fourth-order valence-corrected chi connectivity index (χ4v) is 2.27. The second-order valence-electron chi connectivity index (χ2n) is 4.49. The summed E-state index contributed by atoms with van der Waals surface area (Å²) < 4.78 is 1.14. The second-order valence-corrected chi connectivity index (χ2v) is 5.40. The van der Waals surface area contributed by atoms with Gasteiger partial charge >= 0.3 is 0 Å². The standard InChI is InChI=1S/C14H23BrN2/c1-5-6-9-17(4)14-8-7-12(15)10-13(14)11(2)16-3/h7-8,10-11,16H,5-6,9H2,1-4H3. The third kappa shape index (κ3) is 4.00. The predicted octanol–water partition coefficient (Wildman–Crippen LogP) is 3.97. The zero-order chi connectivity index (χ0) is 12.8. The van der Waals surface area contributed by atoms with Gasteiger partial charge in [-0.15, -0.1) is 0 Å². The molecule has 1 rings (SSSR count). The molecule has 1 aromatic rings. The van der Waals surface area contributed by atoms with Crippen LogP contribution in [0, 0.1) is 0 Å². The number of halogens is 1. The van der Waals surface area contributed by atoms with E-state index in [9.17, 15) is 0 Å². The Bertz CT molecular complexity index is 352. The number of nitrogens with one attached hydrogen (secondary N) is 1. The lowest BCUT2D eigenvalue weighted by Gasteiger charge is -2.25. The molecule has 0 aliphatic heterocycles. The van der Waals surface area contributed by atoms with E-state index in [1.807, 2.05) is 7.05 Å². The topological polar surface area (TPSA) is 15.3 Å². The van der Waals surface area contributed by atoms with Crippen LogP contribution in [-0.2, 0) is 0 Å². The Hall–Kier alpha value is -0.540. The molecule has 0 radical (unpaired) electrons. The highest BCUT2D eigenvalue weighted by atomic mass is 79.9. The lowest BCUT2D eigenvalue weighted by molar-refractivity contribution is 0.647. The van der Waals surface area contributed by atoms with Crippen LogP contribution in [-0.4, -0.2) is 20.6 Å². The molecule has 96 valence electrons. The molecule has 3 heteroatoms.